The average molecular weight is 371 g/mol. The quantitative estimate of drug-likeness (QED) is 0.727. The standard InChI is InChI=1S/C16H14BrF3N2/c17-14(18)10-11-8-12-2-1-5-21-15(12)13(9-11)22-6-3-16(19,20)4-7-22/h1-2,5,8-10H,3-4,6-7H2/b14-10-. The maximum Gasteiger partial charge on any atom is 0.251 e. The van der Waals surface area contributed by atoms with E-state index in [1.165, 1.54) is 6.08 Å². The van der Waals surface area contributed by atoms with E-state index < -0.39 is 10.7 Å². The first-order valence-corrected chi connectivity index (χ1v) is 7.78. The lowest BCUT2D eigenvalue weighted by Gasteiger charge is -2.34. The van der Waals surface area contributed by atoms with Crippen molar-refractivity contribution in [3.63, 3.8) is 0 Å². The van der Waals surface area contributed by atoms with Gasteiger partial charge in [0, 0.05) is 37.5 Å². The highest BCUT2D eigenvalue weighted by Gasteiger charge is 2.34. The summed E-state index contributed by atoms with van der Waals surface area (Å²) in [5.74, 6) is -2.60. The Balaban J connectivity index is 2.05. The molecule has 0 unspecified atom stereocenters. The van der Waals surface area contributed by atoms with Crippen molar-refractivity contribution >= 4 is 38.6 Å². The Morgan fingerprint density at radius 3 is 2.68 bits per heavy atom. The molecule has 2 heterocycles. The van der Waals surface area contributed by atoms with Crippen LogP contribution < -0.4 is 4.90 Å². The third-order valence-electron chi connectivity index (χ3n) is 3.82. The van der Waals surface area contributed by atoms with E-state index in [9.17, 15) is 13.2 Å². The molecule has 0 N–H and O–H groups in total. The lowest BCUT2D eigenvalue weighted by molar-refractivity contribution is -0.0220. The maximum atomic E-state index is 13.4. The van der Waals surface area contributed by atoms with Gasteiger partial charge in [0.15, 0.2) is 4.74 Å². The SMILES string of the molecule is F/C(Br)=C\c1cc(N2CCC(F)(F)CC2)c2ncccc2c1. The Kier molecular flexibility index (Phi) is 4.12. The summed E-state index contributed by atoms with van der Waals surface area (Å²) in [4.78, 5) is 6.26. The number of nitrogens with zero attached hydrogens (tertiary/aromatic N) is 2. The average Bonchev–Trinajstić information content (AvgIpc) is 2.46. The first kappa shape index (κ1) is 15.3. The summed E-state index contributed by atoms with van der Waals surface area (Å²) in [6, 6.07) is 7.30. The molecule has 1 saturated heterocycles. The Morgan fingerprint density at radius 1 is 1.27 bits per heavy atom. The second-order valence-corrected chi connectivity index (χ2v) is 6.15. The van der Waals surface area contributed by atoms with Crippen LogP contribution >= 0.6 is 15.9 Å². The number of alkyl halides is 2. The fraction of sp³-hybridized carbons (Fsp3) is 0.312. The molecule has 116 valence electrons. The molecule has 0 spiro atoms. The van der Waals surface area contributed by atoms with Crippen molar-refractivity contribution in [1.82, 2.24) is 4.98 Å². The fourth-order valence-electron chi connectivity index (χ4n) is 2.72. The largest absolute Gasteiger partial charge is 0.369 e. The summed E-state index contributed by atoms with van der Waals surface area (Å²) in [6.07, 6.45) is 2.68. The molecule has 0 amide bonds. The Labute approximate surface area is 134 Å². The van der Waals surface area contributed by atoms with Gasteiger partial charge in [-0.15, -0.1) is 0 Å². The summed E-state index contributed by atoms with van der Waals surface area (Å²) in [7, 11) is 0. The topological polar surface area (TPSA) is 16.1 Å². The van der Waals surface area contributed by atoms with Gasteiger partial charge in [-0.25, -0.2) is 8.78 Å². The van der Waals surface area contributed by atoms with Gasteiger partial charge in [0.05, 0.1) is 11.2 Å². The Hall–Kier alpha value is -1.56. The van der Waals surface area contributed by atoms with Crippen LogP contribution in [0.1, 0.15) is 18.4 Å². The summed E-state index contributed by atoms with van der Waals surface area (Å²) in [6.45, 7) is 0.533. The van der Waals surface area contributed by atoms with Crippen molar-refractivity contribution in [2.24, 2.45) is 0 Å². The molecule has 0 bridgehead atoms. The normalized spacial score (nSPS) is 18.7. The smallest absolute Gasteiger partial charge is 0.251 e. The van der Waals surface area contributed by atoms with E-state index in [0.29, 0.717) is 5.56 Å². The molecule has 22 heavy (non-hydrogen) atoms. The molecule has 1 aliphatic rings. The van der Waals surface area contributed by atoms with Crippen molar-refractivity contribution in [3.8, 4) is 0 Å². The van der Waals surface area contributed by atoms with Crippen molar-refractivity contribution < 1.29 is 13.2 Å². The number of rotatable bonds is 2. The number of aromatic nitrogens is 1. The van der Waals surface area contributed by atoms with Crippen LogP contribution in [0, 0.1) is 0 Å². The third kappa shape index (κ3) is 3.27. The van der Waals surface area contributed by atoms with Crippen LogP contribution in [0.4, 0.5) is 18.9 Å². The zero-order valence-corrected chi connectivity index (χ0v) is 13.3. The van der Waals surface area contributed by atoms with Crippen molar-refractivity contribution in [2.75, 3.05) is 18.0 Å². The lowest BCUT2D eigenvalue weighted by Crippen LogP contribution is -2.39. The predicted molar refractivity (Wildman–Crippen MR) is 86.1 cm³/mol. The molecule has 0 saturated carbocycles. The number of pyridine rings is 1. The molecule has 1 aromatic heterocycles. The summed E-state index contributed by atoms with van der Waals surface area (Å²) in [5.41, 5.74) is 2.19. The number of benzene rings is 1. The van der Waals surface area contributed by atoms with Gasteiger partial charge in [-0.1, -0.05) is 6.07 Å². The second-order valence-electron chi connectivity index (χ2n) is 5.39. The minimum Gasteiger partial charge on any atom is -0.369 e. The molecule has 2 nitrogen and oxygen atoms in total. The van der Waals surface area contributed by atoms with E-state index in [-0.39, 0.29) is 25.9 Å². The highest BCUT2D eigenvalue weighted by Crippen LogP contribution is 2.34. The number of halogens is 4. The molecule has 1 aliphatic heterocycles. The van der Waals surface area contributed by atoms with E-state index >= 15 is 0 Å². The number of hydrogen-bond acceptors (Lipinski definition) is 2. The monoisotopic (exact) mass is 370 g/mol. The summed E-state index contributed by atoms with van der Waals surface area (Å²) >= 11 is 2.78. The highest BCUT2D eigenvalue weighted by atomic mass is 79.9. The molecule has 0 atom stereocenters. The van der Waals surface area contributed by atoms with Crippen LogP contribution in [0.15, 0.2) is 35.2 Å². The van der Waals surface area contributed by atoms with E-state index in [1.807, 2.05) is 17.0 Å². The van der Waals surface area contributed by atoms with Gasteiger partial charge in [-0.05, 0) is 45.8 Å². The summed E-state index contributed by atoms with van der Waals surface area (Å²) in [5, 5.41) is 0.859. The number of hydrogen-bond donors (Lipinski definition) is 0. The maximum absolute atomic E-state index is 13.4. The van der Waals surface area contributed by atoms with Gasteiger partial charge < -0.3 is 4.90 Å². The van der Waals surface area contributed by atoms with Gasteiger partial charge in [-0.2, -0.15) is 4.39 Å². The minimum atomic E-state index is -2.60. The number of fused-ring (bicyclic) bond motifs is 1. The zero-order chi connectivity index (χ0) is 15.7. The molecule has 6 heteroatoms. The van der Waals surface area contributed by atoms with Gasteiger partial charge >= 0.3 is 0 Å². The van der Waals surface area contributed by atoms with Crippen LogP contribution in [-0.2, 0) is 0 Å². The molecule has 1 fully saturated rings. The van der Waals surface area contributed by atoms with Gasteiger partial charge in [0.25, 0.3) is 5.92 Å². The third-order valence-corrected chi connectivity index (χ3v) is 4.05. The van der Waals surface area contributed by atoms with Gasteiger partial charge in [-0.3, -0.25) is 4.98 Å². The van der Waals surface area contributed by atoms with Crippen molar-refractivity contribution in [3.05, 3.63) is 40.8 Å². The van der Waals surface area contributed by atoms with E-state index in [1.54, 1.807) is 18.3 Å². The van der Waals surface area contributed by atoms with E-state index in [4.69, 9.17) is 0 Å². The molecular weight excluding hydrogens is 357 g/mol. The molecule has 0 radical (unpaired) electrons. The predicted octanol–water partition coefficient (Wildman–Crippen LogP) is 5.13. The molecule has 3 rings (SSSR count). The van der Waals surface area contributed by atoms with Crippen LogP contribution in [0.5, 0.6) is 0 Å². The van der Waals surface area contributed by atoms with Gasteiger partial charge in [0.2, 0.25) is 0 Å². The number of anilines is 1. The fourth-order valence-corrected chi connectivity index (χ4v) is 2.99. The van der Waals surface area contributed by atoms with Crippen molar-refractivity contribution in [1.29, 1.82) is 0 Å². The summed E-state index contributed by atoms with van der Waals surface area (Å²) < 4.78 is 39.3. The number of piperidine rings is 1. The minimum absolute atomic E-state index is 0.172. The Morgan fingerprint density at radius 2 is 2.00 bits per heavy atom. The molecule has 2 aromatic rings. The van der Waals surface area contributed by atoms with Crippen LogP contribution in [0.25, 0.3) is 17.0 Å². The molecular formula is C16H14BrF3N2. The molecule has 0 aliphatic carbocycles. The van der Waals surface area contributed by atoms with E-state index in [2.05, 4.69) is 20.9 Å². The highest BCUT2D eigenvalue weighted by molar-refractivity contribution is 9.11. The molecule has 1 aromatic carbocycles. The first-order chi connectivity index (χ1) is 10.4. The van der Waals surface area contributed by atoms with Crippen LogP contribution in [-0.4, -0.2) is 24.0 Å². The Bertz CT molecular complexity index is 716. The second kappa shape index (κ2) is 5.91. The van der Waals surface area contributed by atoms with E-state index in [0.717, 1.165) is 16.6 Å². The van der Waals surface area contributed by atoms with Crippen molar-refractivity contribution in [2.45, 2.75) is 18.8 Å². The van der Waals surface area contributed by atoms with Crippen LogP contribution in [0.3, 0.4) is 0 Å². The first-order valence-electron chi connectivity index (χ1n) is 6.99. The zero-order valence-electron chi connectivity index (χ0n) is 11.7. The van der Waals surface area contributed by atoms with Crippen LogP contribution in [0.2, 0.25) is 0 Å². The van der Waals surface area contributed by atoms with Gasteiger partial charge in [0.1, 0.15) is 0 Å². The lowest BCUT2D eigenvalue weighted by atomic mass is 10.0.